The van der Waals surface area contributed by atoms with E-state index in [1.807, 2.05) is 6.26 Å². The van der Waals surface area contributed by atoms with Gasteiger partial charge in [-0.05, 0) is 6.26 Å². The second-order valence-electron chi connectivity index (χ2n) is 1.78. The molecule has 0 rings (SSSR count). The number of ether oxygens (including phenoxy) is 1. The molecule has 0 unspecified atom stereocenters. The van der Waals surface area contributed by atoms with Gasteiger partial charge in [0.25, 0.3) is 0 Å². The molecular weight excluding hydrogens is 164 g/mol. The SMILES string of the molecule is COC(=O)C(CCSC)=[N+]=[N-]. The van der Waals surface area contributed by atoms with Crippen LogP contribution >= 0.6 is 11.8 Å². The Morgan fingerprint density at radius 2 is 2.36 bits per heavy atom. The molecule has 0 saturated heterocycles. The third-order valence-electron chi connectivity index (χ3n) is 1.08. The Labute approximate surface area is 69.5 Å². The van der Waals surface area contributed by atoms with Gasteiger partial charge in [-0.25, -0.2) is 4.79 Å². The molecule has 0 atom stereocenters. The van der Waals surface area contributed by atoms with Gasteiger partial charge in [0.05, 0.1) is 13.5 Å². The first-order valence-corrected chi connectivity index (χ1v) is 4.43. The average molecular weight is 174 g/mol. The summed E-state index contributed by atoms with van der Waals surface area (Å²) in [6, 6.07) is 0. The van der Waals surface area contributed by atoms with Crippen molar-refractivity contribution >= 4 is 23.4 Å². The highest BCUT2D eigenvalue weighted by molar-refractivity contribution is 7.98. The predicted molar refractivity (Wildman–Crippen MR) is 43.6 cm³/mol. The Morgan fingerprint density at radius 1 is 1.73 bits per heavy atom. The number of rotatable bonds is 4. The summed E-state index contributed by atoms with van der Waals surface area (Å²) in [6.45, 7) is 0. The van der Waals surface area contributed by atoms with Crippen LogP contribution in [0.15, 0.2) is 0 Å². The predicted octanol–water partition coefficient (Wildman–Crippen LogP) is 0.583. The van der Waals surface area contributed by atoms with Crippen molar-refractivity contribution in [2.45, 2.75) is 6.42 Å². The number of hydrogen-bond donors (Lipinski definition) is 0. The highest BCUT2D eigenvalue weighted by Gasteiger charge is 2.19. The van der Waals surface area contributed by atoms with Gasteiger partial charge >= 0.3 is 11.7 Å². The minimum atomic E-state index is -0.568. The zero-order valence-corrected chi connectivity index (χ0v) is 7.35. The molecule has 0 bridgehead atoms. The molecule has 5 heteroatoms. The minimum absolute atomic E-state index is 0.0712. The quantitative estimate of drug-likeness (QED) is 0.271. The van der Waals surface area contributed by atoms with Crippen molar-refractivity contribution in [2.75, 3.05) is 19.1 Å². The van der Waals surface area contributed by atoms with Gasteiger partial charge in [0.2, 0.25) is 0 Å². The maximum Gasteiger partial charge on any atom is 0.416 e. The Bertz CT molecular complexity index is 187. The lowest BCUT2D eigenvalue weighted by Gasteiger charge is -1.91. The van der Waals surface area contributed by atoms with Gasteiger partial charge in [-0.3, -0.25) is 0 Å². The fraction of sp³-hybridized carbons (Fsp3) is 0.667. The fourth-order valence-corrected chi connectivity index (χ4v) is 0.907. The first kappa shape index (κ1) is 10.2. The van der Waals surface area contributed by atoms with Gasteiger partial charge in [-0.15, -0.1) is 0 Å². The van der Waals surface area contributed by atoms with E-state index in [4.69, 9.17) is 5.53 Å². The van der Waals surface area contributed by atoms with E-state index >= 15 is 0 Å². The monoisotopic (exact) mass is 174 g/mol. The van der Waals surface area contributed by atoms with Crippen LogP contribution in [0.3, 0.4) is 0 Å². The van der Waals surface area contributed by atoms with E-state index in [1.165, 1.54) is 7.11 Å². The van der Waals surface area contributed by atoms with E-state index in [0.717, 1.165) is 5.75 Å². The largest absolute Gasteiger partial charge is 0.460 e. The van der Waals surface area contributed by atoms with Gasteiger partial charge in [-0.2, -0.15) is 16.6 Å². The van der Waals surface area contributed by atoms with Crippen LogP contribution in [0.5, 0.6) is 0 Å². The summed E-state index contributed by atoms with van der Waals surface area (Å²) in [5, 5.41) is 0. The van der Waals surface area contributed by atoms with Crippen LogP contribution in [0.25, 0.3) is 5.53 Å². The first-order valence-electron chi connectivity index (χ1n) is 3.04. The summed E-state index contributed by atoms with van der Waals surface area (Å²) in [4.78, 5) is 13.6. The number of methoxy groups -OCH3 is 1. The van der Waals surface area contributed by atoms with Gasteiger partial charge < -0.3 is 10.3 Å². The molecule has 0 aromatic carbocycles. The molecule has 0 aromatic rings. The summed E-state index contributed by atoms with van der Waals surface area (Å²) in [7, 11) is 1.26. The summed E-state index contributed by atoms with van der Waals surface area (Å²) < 4.78 is 4.36. The topological polar surface area (TPSA) is 62.7 Å². The molecule has 11 heavy (non-hydrogen) atoms. The van der Waals surface area contributed by atoms with Crippen molar-refractivity contribution in [3.05, 3.63) is 5.53 Å². The van der Waals surface area contributed by atoms with Crippen molar-refractivity contribution in [1.29, 1.82) is 0 Å². The standard InChI is InChI=1S/C6H10N2O2S/c1-10-6(9)5(8-7)3-4-11-2/h3-4H2,1-2H3. The molecule has 0 heterocycles. The first-order chi connectivity index (χ1) is 5.26. The summed E-state index contributed by atoms with van der Waals surface area (Å²) in [5.41, 5.74) is 8.40. The van der Waals surface area contributed by atoms with E-state index in [2.05, 4.69) is 9.53 Å². The number of hydrogen-bond acceptors (Lipinski definition) is 3. The fourth-order valence-electron chi connectivity index (χ4n) is 0.509. The molecule has 0 aliphatic heterocycles. The highest BCUT2D eigenvalue weighted by atomic mass is 32.2. The lowest BCUT2D eigenvalue weighted by molar-refractivity contribution is -0.137. The van der Waals surface area contributed by atoms with Gasteiger partial charge in [0.1, 0.15) is 0 Å². The van der Waals surface area contributed by atoms with Crippen molar-refractivity contribution in [2.24, 2.45) is 0 Å². The molecule has 0 radical (unpaired) electrons. The van der Waals surface area contributed by atoms with Gasteiger partial charge in [0, 0.05) is 5.75 Å². The molecule has 0 aliphatic rings. The Kier molecular flexibility index (Phi) is 5.51. The maximum atomic E-state index is 10.7. The lowest BCUT2D eigenvalue weighted by Crippen LogP contribution is -2.17. The molecule has 4 nitrogen and oxygen atoms in total. The molecule has 0 amide bonds. The molecule has 0 aromatic heterocycles. The Balaban J connectivity index is 3.98. The molecule has 0 N–H and O–H groups in total. The molecule has 62 valence electrons. The maximum absolute atomic E-state index is 10.7. The number of carbonyl (C=O) groups is 1. The third-order valence-corrected chi connectivity index (χ3v) is 1.70. The lowest BCUT2D eigenvalue weighted by atomic mass is 10.3. The summed E-state index contributed by atoms with van der Waals surface area (Å²) >= 11 is 1.57. The van der Waals surface area contributed by atoms with Crippen LogP contribution in [0.2, 0.25) is 0 Å². The van der Waals surface area contributed by atoms with Gasteiger partial charge in [-0.1, -0.05) is 0 Å². The smallest absolute Gasteiger partial charge is 0.416 e. The van der Waals surface area contributed by atoms with E-state index in [9.17, 15) is 4.79 Å². The van der Waals surface area contributed by atoms with E-state index < -0.39 is 5.97 Å². The molecule has 0 aliphatic carbocycles. The van der Waals surface area contributed by atoms with Crippen LogP contribution < -0.4 is 0 Å². The highest BCUT2D eigenvalue weighted by Crippen LogP contribution is 1.96. The average Bonchev–Trinajstić information content (AvgIpc) is 2.05. The van der Waals surface area contributed by atoms with Crippen molar-refractivity contribution < 1.29 is 14.3 Å². The molecular formula is C6H10N2O2S. The number of nitrogens with zero attached hydrogens (tertiary/aromatic N) is 2. The van der Waals surface area contributed by atoms with Crippen LogP contribution in [0, 0.1) is 0 Å². The molecule has 0 fully saturated rings. The third kappa shape index (κ3) is 3.80. The second-order valence-corrected chi connectivity index (χ2v) is 2.77. The zero-order valence-electron chi connectivity index (χ0n) is 6.53. The van der Waals surface area contributed by atoms with Crippen molar-refractivity contribution in [1.82, 2.24) is 0 Å². The van der Waals surface area contributed by atoms with E-state index in [0.29, 0.717) is 6.42 Å². The van der Waals surface area contributed by atoms with Gasteiger partial charge in [0.15, 0.2) is 0 Å². The Hall–Kier alpha value is -0.800. The van der Waals surface area contributed by atoms with E-state index in [1.54, 1.807) is 11.8 Å². The summed E-state index contributed by atoms with van der Waals surface area (Å²) in [6.07, 6.45) is 2.34. The minimum Gasteiger partial charge on any atom is -0.460 e. The number of carbonyl (C=O) groups excluding carboxylic acids is 1. The van der Waals surface area contributed by atoms with Crippen LogP contribution in [-0.4, -0.2) is 35.6 Å². The molecule has 0 saturated carbocycles. The number of esters is 1. The van der Waals surface area contributed by atoms with Crippen molar-refractivity contribution in [3.8, 4) is 0 Å². The van der Waals surface area contributed by atoms with E-state index in [-0.39, 0.29) is 5.71 Å². The Morgan fingerprint density at radius 3 is 2.73 bits per heavy atom. The number of thioether (sulfide) groups is 1. The zero-order chi connectivity index (χ0) is 8.69. The summed E-state index contributed by atoms with van der Waals surface area (Å²) in [5.74, 6) is 0.177. The van der Waals surface area contributed by atoms with Crippen molar-refractivity contribution in [3.63, 3.8) is 0 Å². The molecule has 0 spiro atoms. The normalized spacial score (nSPS) is 8.55. The second kappa shape index (κ2) is 5.95. The van der Waals surface area contributed by atoms with Crippen LogP contribution in [0.4, 0.5) is 0 Å². The van der Waals surface area contributed by atoms with Crippen LogP contribution in [0.1, 0.15) is 6.42 Å². The van der Waals surface area contributed by atoms with Crippen LogP contribution in [-0.2, 0) is 9.53 Å².